The Morgan fingerprint density at radius 3 is 0.885 bits per heavy atom. The minimum Gasteiger partial charge on any atom is -0.462 e. The zero-order valence-corrected chi connectivity index (χ0v) is 61.5. The quantitative estimate of drug-likeness (QED) is 0.0169. The molecule has 0 aliphatic heterocycles. The van der Waals surface area contributed by atoms with E-state index in [1.54, 1.807) is 0 Å². The maximum Gasteiger partial charge on any atom is 0.472 e. The van der Waals surface area contributed by atoms with Gasteiger partial charge >= 0.3 is 39.5 Å². The second-order valence-corrected chi connectivity index (χ2v) is 27.0. The lowest BCUT2D eigenvalue weighted by Gasteiger charge is -2.21. The minimum absolute atomic E-state index is 0.0700. The summed E-state index contributed by atoms with van der Waals surface area (Å²) < 4.78 is 68.2. The number of hydrogen-bond donors (Lipinski definition) is 3. The highest BCUT2D eigenvalue weighted by molar-refractivity contribution is 7.47. The first-order valence-electron chi connectivity index (χ1n) is 36.8. The molecule has 0 heterocycles. The first-order valence-corrected chi connectivity index (χ1v) is 39.8. The van der Waals surface area contributed by atoms with E-state index in [9.17, 15) is 43.2 Å². The van der Waals surface area contributed by atoms with Crippen LogP contribution in [0.25, 0.3) is 0 Å². The Balaban J connectivity index is 5.34. The molecule has 17 nitrogen and oxygen atoms in total. The van der Waals surface area contributed by atoms with Crippen LogP contribution in [0.2, 0.25) is 0 Å². The molecule has 0 amide bonds. The van der Waals surface area contributed by atoms with Gasteiger partial charge in [-0.15, -0.1) is 0 Å². The van der Waals surface area contributed by atoms with Gasteiger partial charge in [0.05, 0.1) is 26.4 Å². The van der Waals surface area contributed by atoms with Gasteiger partial charge in [-0.3, -0.25) is 37.3 Å². The second kappa shape index (κ2) is 69.0. The van der Waals surface area contributed by atoms with Gasteiger partial charge in [-0.25, -0.2) is 9.13 Å². The summed E-state index contributed by atoms with van der Waals surface area (Å²) >= 11 is 0. The summed E-state index contributed by atoms with van der Waals surface area (Å²) in [5, 5.41) is 10.6. The first kappa shape index (κ1) is 91.5. The molecule has 96 heavy (non-hydrogen) atoms. The van der Waals surface area contributed by atoms with Crippen molar-refractivity contribution < 1.29 is 80.2 Å². The number of hydrogen-bond acceptors (Lipinski definition) is 15. The molecule has 0 aromatic rings. The number of allylic oxidation sites excluding steroid dienone is 20. The topological polar surface area (TPSA) is 237 Å². The summed E-state index contributed by atoms with van der Waals surface area (Å²) in [4.78, 5) is 72.6. The fraction of sp³-hybridized carbons (Fsp3) is 0.688. The van der Waals surface area contributed by atoms with E-state index in [4.69, 9.17) is 37.0 Å². The highest BCUT2D eigenvalue weighted by atomic mass is 31.2. The number of carbonyl (C=O) groups is 4. The lowest BCUT2D eigenvalue weighted by atomic mass is 10.1. The maximum absolute atomic E-state index is 13.0. The number of carbonyl (C=O) groups excluding carboxylic acids is 4. The van der Waals surface area contributed by atoms with Crippen molar-refractivity contribution in [1.29, 1.82) is 0 Å². The normalized spacial score (nSPS) is 14.7. The van der Waals surface area contributed by atoms with E-state index in [0.29, 0.717) is 32.1 Å². The lowest BCUT2D eigenvalue weighted by Crippen LogP contribution is -2.30. The van der Waals surface area contributed by atoms with Gasteiger partial charge in [0.15, 0.2) is 12.2 Å². The van der Waals surface area contributed by atoms with E-state index in [0.717, 1.165) is 173 Å². The second-order valence-electron chi connectivity index (χ2n) is 24.1. The van der Waals surface area contributed by atoms with Crippen molar-refractivity contribution in [3.05, 3.63) is 122 Å². The van der Waals surface area contributed by atoms with Gasteiger partial charge in [0, 0.05) is 25.7 Å². The Labute approximate surface area is 581 Å². The molecular formula is C77H130O17P2. The summed E-state index contributed by atoms with van der Waals surface area (Å²) in [5.41, 5.74) is 0. The lowest BCUT2D eigenvalue weighted by molar-refractivity contribution is -0.161. The minimum atomic E-state index is -4.99. The first-order chi connectivity index (χ1) is 46.7. The molecule has 0 radical (unpaired) electrons. The number of aliphatic hydroxyl groups is 1. The van der Waals surface area contributed by atoms with Crippen molar-refractivity contribution in [3.63, 3.8) is 0 Å². The number of phosphoric ester groups is 2. The van der Waals surface area contributed by atoms with E-state index < -0.39 is 97.5 Å². The van der Waals surface area contributed by atoms with Gasteiger partial charge in [-0.05, 0) is 135 Å². The molecule has 0 aliphatic carbocycles. The van der Waals surface area contributed by atoms with Crippen LogP contribution in [-0.2, 0) is 65.4 Å². The van der Waals surface area contributed by atoms with Gasteiger partial charge in [0.1, 0.15) is 19.3 Å². The molecule has 3 N–H and O–H groups in total. The Bertz CT molecular complexity index is 2300. The fourth-order valence-corrected chi connectivity index (χ4v) is 10.9. The highest BCUT2D eigenvalue weighted by Crippen LogP contribution is 2.45. The van der Waals surface area contributed by atoms with E-state index in [1.807, 2.05) is 12.2 Å². The smallest absolute Gasteiger partial charge is 0.462 e. The fourth-order valence-electron chi connectivity index (χ4n) is 9.29. The van der Waals surface area contributed by atoms with E-state index in [-0.39, 0.29) is 25.7 Å². The molecule has 0 rings (SSSR count). The molecule has 0 saturated heterocycles. The molecule has 19 heteroatoms. The third-order valence-electron chi connectivity index (χ3n) is 14.9. The van der Waals surface area contributed by atoms with Gasteiger partial charge < -0.3 is 33.8 Å². The maximum atomic E-state index is 13.0. The van der Waals surface area contributed by atoms with Crippen LogP contribution in [0.4, 0.5) is 0 Å². The van der Waals surface area contributed by atoms with Crippen LogP contribution in [0.3, 0.4) is 0 Å². The molecule has 0 aromatic carbocycles. The van der Waals surface area contributed by atoms with Crippen molar-refractivity contribution in [3.8, 4) is 0 Å². The van der Waals surface area contributed by atoms with Crippen LogP contribution < -0.4 is 0 Å². The van der Waals surface area contributed by atoms with Gasteiger partial charge in [0.25, 0.3) is 0 Å². The van der Waals surface area contributed by atoms with E-state index in [1.165, 1.54) is 25.7 Å². The molecule has 550 valence electrons. The van der Waals surface area contributed by atoms with Crippen LogP contribution in [0.5, 0.6) is 0 Å². The SMILES string of the molecule is CC/C=C\C/C=C\C/C=C\C/C=C\C/C=C\CCCC(=O)OCC(COP(=O)(O)OCC(O)COP(=O)(O)OCC(COC(=O)CCCCCCCCC/C=C\C/C=C\C/C=C\CC)OC(=O)CCCCCCC/C=C\CCCC)OC(=O)CCCCCCC/C=C\CCCC. The van der Waals surface area contributed by atoms with Crippen LogP contribution in [-0.4, -0.2) is 96.7 Å². The van der Waals surface area contributed by atoms with Crippen molar-refractivity contribution in [2.45, 2.75) is 303 Å². The van der Waals surface area contributed by atoms with Crippen molar-refractivity contribution in [2.75, 3.05) is 39.6 Å². The van der Waals surface area contributed by atoms with Gasteiger partial charge in [-0.2, -0.15) is 0 Å². The molecular weight excluding hydrogens is 1260 g/mol. The largest absolute Gasteiger partial charge is 0.472 e. The number of phosphoric acid groups is 2. The zero-order valence-electron chi connectivity index (χ0n) is 59.8. The van der Waals surface area contributed by atoms with Gasteiger partial charge in [0.2, 0.25) is 0 Å². The zero-order chi connectivity index (χ0) is 70.4. The summed E-state index contributed by atoms with van der Waals surface area (Å²) in [6.07, 6.45) is 73.6. The number of esters is 4. The monoisotopic (exact) mass is 1390 g/mol. The summed E-state index contributed by atoms with van der Waals surface area (Å²) in [5.74, 6) is -2.28. The number of aliphatic hydroxyl groups excluding tert-OH is 1. The third kappa shape index (κ3) is 68.0. The van der Waals surface area contributed by atoms with E-state index >= 15 is 0 Å². The molecule has 0 aromatic heterocycles. The molecule has 5 unspecified atom stereocenters. The molecule has 0 fully saturated rings. The van der Waals surface area contributed by atoms with E-state index in [2.05, 4.69) is 137 Å². The number of rotatable bonds is 68. The molecule has 5 atom stereocenters. The molecule has 0 saturated carbocycles. The number of unbranched alkanes of at least 4 members (excludes halogenated alkanes) is 22. The standard InChI is InChI=1S/C77H130O17P2/c1-5-9-13-17-21-25-29-31-33-35-37-39-43-45-49-53-57-61-74(79)87-67-72(93-76(81)63-59-55-51-47-41-27-23-19-15-11-7-3)69-91-95(83,84)89-65-71(78)66-90-96(85,86)92-70-73(94-77(82)64-60-56-52-48-42-28-24-20-16-12-8-4)68-88-75(80)62-58-54-50-46-44-40-38-36-34-32-30-26-22-18-14-10-6-2/h9-10,13-14,19-26,31-34,37,39,45,49,71-73,78H,5-8,11-12,15-18,27-30,35-36,38,40-44,46-48,50-70H2,1-4H3,(H,83,84)(H,85,86)/b13-9-,14-10-,23-19-,24-20-,25-21-,26-22-,33-31-,34-32-,39-37-,49-45-. The molecule has 0 spiro atoms. The van der Waals surface area contributed by atoms with Crippen molar-refractivity contribution in [2.24, 2.45) is 0 Å². The summed E-state index contributed by atoms with van der Waals surface area (Å²) in [6, 6.07) is 0. The van der Waals surface area contributed by atoms with Crippen LogP contribution >= 0.6 is 15.6 Å². The Morgan fingerprint density at radius 1 is 0.302 bits per heavy atom. The summed E-state index contributed by atoms with van der Waals surface area (Å²) in [6.45, 7) is 4.46. The third-order valence-corrected chi connectivity index (χ3v) is 16.8. The Morgan fingerprint density at radius 2 is 0.552 bits per heavy atom. The average Bonchev–Trinajstić information content (AvgIpc) is 1.21. The van der Waals surface area contributed by atoms with Crippen molar-refractivity contribution >= 4 is 39.5 Å². The molecule has 0 aliphatic rings. The average molecular weight is 1390 g/mol. The predicted molar refractivity (Wildman–Crippen MR) is 390 cm³/mol. The van der Waals surface area contributed by atoms with Crippen LogP contribution in [0.15, 0.2) is 122 Å². The van der Waals surface area contributed by atoms with Crippen LogP contribution in [0, 0.1) is 0 Å². The Kier molecular flexibility index (Phi) is 65.7. The summed E-state index contributed by atoms with van der Waals surface area (Å²) in [7, 11) is -9.96. The van der Waals surface area contributed by atoms with Crippen LogP contribution in [0.1, 0.15) is 285 Å². The highest BCUT2D eigenvalue weighted by Gasteiger charge is 2.30. The molecule has 0 bridgehead atoms. The Hall–Kier alpha value is -4.54. The number of ether oxygens (including phenoxy) is 4. The van der Waals surface area contributed by atoms with Gasteiger partial charge in [-0.1, -0.05) is 246 Å². The van der Waals surface area contributed by atoms with Crippen molar-refractivity contribution in [1.82, 2.24) is 0 Å². The predicted octanol–water partition coefficient (Wildman–Crippen LogP) is 20.8.